The summed E-state index contributed by atoms with van der Waals surface area (Å²) < 4.78 is 0. The molecule has 0 atom stereocenters. The number of nitrogens with zero attached hydrogens (tertiary/aromatic N) is 2. The Morgan fingerprint density at radius 2 is 1.38 bits per heavy atom. The molecule has 24 heavy (non-hydrogen) atoms. The molecule has 118 valence electrons. The van der Waals surface area contributed by atoms with E-state index in [9.17, 15) is 9.59 Å². The van der Waals surface area contributed by atoms with Crippen molar-refractivity contribution in [3.8, 4) is 0 Å². The van der Waals surface area contributed by atoms with Gasteiger partial charge in [0.25, 0.3) is 11.1 Å². The minimum atomic E-state index is -0.178. The molecule has 6 nitrogen and oxygen atoms in total. The van der Waals surface area contributed by atoms with Gasteiger partial charge in [0, 0.05) is 0 Å². The van der Waals surface area contributed by atoms with Crippen LogP contribution in [0, 0.1) is 0 Å². The maximum absolute atomic E-state index is 12.1. The monoisotopic (exact) mass is 336 g/mol. The van der Waals surface area contributed by atoms with Crippen LogP contribution in [0.2, 0.25) is 0 Å². The van der Waals surface area contributed by atoms with Crippen LogP contribution >= 0.6 is 11.8 Å². The van der Waals surface area contributed by atoms with Crippen LogP contribution in [0.3, 0.4) is 0 Å². The van der Waals surface area contributed by atoms with Crippen molar-refractivity contribution in [1.29, 1.82) is 0 Å². The quantitative estimate of drug-likeness (QED) is 0.443. The Kier molecular flexibility index (Phi) is 3.62. The number of aromatic nitrogens is 4. The van der Waals surface area contributed by atoms with Crippen LogP contribution in [0.5, 0.6) is 0 Å². The lowest BCUT2D eigenvalue weighted by Crippen LogP contribution is -2.12. The summed E-state index contributed by atoms with van der Waals surface area (Å²) in [5.74, 6) is 0.945. The molecule has 4 aromatic rings. The van der Waals surface area contributed by atoms with Gasteiger partial charge in [0.1, 0.15) is 5.82 Å². The first-order chi connectivity index (χ1) is 11.7. The second-order valence-electron chi connectivity index (χ2n) is 5.21. The van der Waals surface area contributed by atoms with Crippen LogP contribution in [0.25, 0.3) is 21.8 Å². The third-order valence-corrected chi connectivity index (χ3v) is 4.48. The van der Waals surface area contributed by atoms with Gasteiger partial charge in [-0.15, -0.1) is 0 Å². The highest BCUT2D eigenvalue weighted by Crippen LogP contribution is 2.18. The Balaban J connectivity index is 1.65. The third kappa shape index (κ3) is 2.69. The topological polar surface area (TPSA) is 91.5 Å². The van der Waals surface area contributed by atoms with Crippen molar-refractivity contribution in [1.82, 2.24) is 19.9 Å². The highest BCUT2D eigenvalue weighted by atomic mass is 32.2. The minimum absolute atomic E-state index is 0.170. The number of nitrogens with one attached hydrogen (secondary N) is 2. The molecule has 2 N–H and O–H groups in total. The van der Waals surface area contributed by atoms with Gasteiger partial charge in [0.2, 0.25) is 0 Å². The lowest BCUT2D eigenvalue weighted by atomic mass is 10.2. The number of thioether (sulfide) groups is 1. The predicted octanol–water partition coefficient (Wildman–Crippen LogP) is 2.45. The summed E-state index contributed by atoms with van der Waals surface area (Å²) in [6.45, 7) is 0. The Morgan fingerprint density at radius 1 is 0.792 bits per heavy atom. The molecule has 0 bridgehead atoms. The zero-order chi connectivity index (χ0) is 16.5. The van der Waals surface area contributed by atoms with Gasteiger partial charge in [-0.25, -0.2) is 9.97 Å². The lowest BCUT2D eigenvalue weighted by Gasteiger charge is -2.04. The summed E-state index contributed by atoms with van der Waals surface area (Å²) >= 11 is 1.32. The van der Waals surface area contributed by atoms with Crippen molar-refractivity contribution in [3.05, 3.63) is 75.1 Å². The third-order valence-electron chi connectivity index (χ3n) is 3.60. The number of benzene rings is 2. The van der Waals surface area contributed by atoms with Crippen molar-refractivity contribution in [2.24, 2.45) is 0 Å². The average molecular weight is 336 g/mol. The number of para-hydroxylation sites is 2. The molecule has 0 radical (unpaired) electrons. The van der Waals surface area contributed by atoms with E-state index in [0.717, 1.165) is 0 Å². The van der Waals surface area contributed by atoms with Crippen molar-refractivity contribution >= 4 is 33.6 Å². The summed E-state index contributed by atoms with van der Waals surface area (Å²) in [6, 6.07) is 14.4. The molecule has 2 aromatic heterocycles. The van der Waals surface area contributed by atoms with Crippen LogP contribution in [0.1, 0.15) is 5.82 Å². The van der Waals surface area contributed by atoms with Gasteiger partial charge < -0.3 is 9.97 Å². The van der Waals surface area contributed by atoms with Gasteiger partial charge in [-0.2, -0.15) is 0 Å². The van der Waals surface area contributed by atoms with Crippen LogP contribution in [0.4, 0.5) is 0 Å². The molecular formula is C17H12N4O2S. The number of hydrogen-bond donors (Lipinski definition) is 2. The Labute approximate surface area is 140 Å². The molecule has 0 aliphatic rings. The highest BCUT2D eigenvalue weighted by molar-refractivity contribution is 7.98. The van der Waals surface area contributed by atoms with Crippen molar-refractivity contribution in [2.45, 2.75) is 10.9 Å². The molecule has 0 aliphatic carbocycles. The first-order valence-corrected chi connectivity index (χ1v) is 8.29. The molecular weight excluding hydrogens is 324 g/mol. The zero-order valence-corrected chi connectivity index (χ0v) is 13.3. The fourth-order valence-electron chi connectivity index (χ4n) is 2.47. The summed E-state index contributed by atoms with van der Waals surface area (Å²) in [5.41, 5.74) is 0.944. The van der Waals surface area contributed by atoms with Crippen molar-refractivity contribution < 1.29 is 0 Å². The predicted molar refractivity (Wildman–Crippen MR) is 94.3 cm³/mol. The smallest absolute Gasteiger partial charge is 0.259 e. The zero-order valence-electron chi connectivity index (χ0n) is 12.4. The SMILES string of the molecule is O=c1[nH]c(CSc2nc3ccccc3c(=O)[nH]2)nc2ccccc12. The molecule has 2 heterocycles. The Morgan fingerprint density at radius 3 is 2.08 bits per heavy atom. The van der Waals surface area contributed by atoms with Gasteiger partial charge in [-0.05, 0) is 24.3 Å². The second-order valence-corrected chi connectivity index (χ2v) is 6.17. The van der Waals surface area contributed by atoms with Gasteiger partial charge >= 0.3 is 0 Å². The molecule has 2 aromatic carbocycles. The van der Waals surface area contributed by atoms with Gasteiger partial charge in [0.15, 0.2) is 5.16 Å². The molecule has 0 amide bonds. The second kappa shape index (κ2) is 5.93. The summed E-state index contributed by atoms with van der Waals surface area (Å²) in [7, 11) is 0. The average Bonchev–Trinajstić information content (AvgIpc) is 2.60. The van der Waals surface area contributed by atoms with E-state index in [4.69, 9.17) is 0 Å². The highest BCUT2D eigenvalue weighted by Gasteiger charge is 2.07. The molecule has 0 unspecified atom stereocenters. The van der Waals surface area contributed by atoms with Crippen LogP contribution in [-0.4, -0.2) is 19.9 Å². The van der Waals surface area contributed by atoms with Crippen LogP contribution < -0.4 is 11.1 Å². The molecule has 0 saturated carbocycles. The lowest BCUT2D eigenvalue weighted by molar-refractivity contribution is 0.965. The van der Waals surface area contributed by atoms with Gasteiger partial charge in [-0.1, -0.05) is 36.0 Å². The first-order valence-electron chi connectivity index (χ1n) is 7.30. The van der Waals surface area contributed by atoms with Gasteiger partial charge in [-0.3, -0.25) is 9.59 Å². The normalized spacial score (nSPS) is 11.2. The maximum atomic E-state index is 12.1. The fraction of sp³-hybridized carbons (Fsp3) is 0.0588. The first kappa shape index (κ1) is 14.6. The van der Waals surface area contributed by atoms with E-state index >= 15 is 0 Å². The fourth-order valence-corrected chi connectivity index (χ4v) is 3.21. The molecule has 0 aliphatic heterocycles. The van der Waals surface area contributed by atoms with E-state index in [0.29, 0.717) is 38.5 Å². The Hall–Kier alpha value is -2.93. The van der Waals surface area contributed by atoms with Crippen LogP contribution in [-0.2, 0) is 5.75 Å². The maximum Gasteiger partial charge on any atom is 0.259 e. The molecule has 0 spiro atoms. The summed E-state index contributed by atoms with van der Waals surface area (Å²) in [6.07, 6.45) is 0. The number of rotatable bonds is 3. The number of fused-ring (bicyclic) bond motifs is 2. The van der Waals surface area contributed by atoms with E-state index in [1.54, 1.807) is 36.4 Å². The molecule has 4 rings (SSSR count). The summed E-state index contributed by atoms with van der Waals surface area (Å²) in [5, 5.41) is 1.61. The minimum Gasteiger partial charge on any atom is -0.309 e. The van der Waals surface area contributed by atoms with Crippen molar-refractivity contribution in [2.75, 3.05) is 0 Å². The van der Waals surface area contributed by atoms with Gasteiger partial charge in [0.05, 0.1) is 27.6 Å². The largest absolute Gasteiger partial charge is 0.309 e. The number of hydrogen-bond acceptors (Lipinski definition) is 5. The van der Waals surface area contributed by atoms with E-state index in [-0.39, 0.29) is 11.1 Å². The molecule has 7 heteroatoms. The van der Waals surface area contributed by atoms with Crippen LogP contribution in [0.15, 0.2) is 63.3 Å². The molecule has 0 saturated heterocycles. The van der Waals surface area contributed by atoms with E-state index in [1.807, 2.05) is 12.1 Å². The van der Waals surface area contributed by atoms with Crippen molar-refractivity contribution in [3.63, 3.8) is 0 Å². The van der Waals surface area contributed by atoms with E-state index in [2.05, 4.69) is 19.9 Å². The van der Waals surface area contributed by atoms with E-state index in [1.165, 1.54) is 11.8 Å². The number of aromatic amines is 2. The Bertz CT molecular complexity index is 1070. The molecule has 0 fully saturated rings. The standard InChI is InChI=1S/C17H12N4O2S/c22-15-10-5-1-3-7-12(10)18-14(20-15)9-24-17-19-13-8-4-2-6-11(13)16(23)21-17/h1-8H,9H2,(H,18,20,22)(H,19,21,23). The summed E-state index contributed by atoms with van der Waals surface area (Å²) in [4.78, 5) is 38.5. The van der Waals surface area contributed by atoms with E-state index < -0.39 is 0 Å². The number of H-pyrrole nitrogens is 2.